The van der Waals surface area contributed by atoms with E-state index in [0.717, 1.165) is 0 Å². The van der Waals surface area contributed by atoms with Crippen molar-refractivity contribution in [3.63, 3.8) is 0 Å². The molecule has 1 aromatic carbocycles. The average Bonchev–Trinajstić information content (AvgIpc) is 2.40. The van der Waals surface area contributed by atoms with Gasteiger partial charge in [-0.3, -0.25) is 9.59 Å². The number of nitrogens with one attached hydrogen (secondary N) is 1. The van der Waals surface area contributed by atoms with E-state index in [1.165, 1.54) is 16.9 Å². The predicted molar refractivity (Wildman–Crippen MR) is 72.6 cm³/mol. The molecule has 0 spiro atoms. The van der Waals surface area contributed by atoms with E-state index < -0.39 is 0 Å². The van der Waals surface area contributed by atoms with Crippen molar-refractivity contribution in [2.24, 2.45) is 0 Å². The summed E-state index contributed by atoms with van der Waals surface area (Å²) in [4.78, 5) is 23.1. The smallest absolute Gasteiger partial charge is 0.266 e. The molecule has 1 heterocycles. The van der Waals surface area contributed by atoms with Crippen LogP contribution in [-0.2, 0) is 11.3 Å². The van der Waals surface area contributed by atoms with Crippen LogP contribution in [0.5, 0.6) is 0 Å². The maximum atomic E-state index is 11.7. The number of hydrogen-bond acceptors (Lipinski definition) is 4. The molecule has 0 aliphatic carbocycles. The minimum atomic E-state index is -0.220. The number of benzene rings is 1. The van der Waals surface area contributed by atoms with Gasteiger partial charge in [-0.1, -0.05) is 0 Å². The van der Waals surface area contributed by atoms with Crippen LogP contribution in [0, 0.1) is 0 Å². The molecular weight excluding hydrogens is 244 g/mol. The summed E-state index contributed by atoms with van der Waals surface area (Å²) < 4.78 is 1.25. The minimum absolute atomic E-state index is 0.178. The van der Waals surface area contributed by atoms with Gasteiger partial charge in [-0.05, 0) is 30.3 Å². The van der Waals surface area contributed by atoms with E-state index in [1.54, 1.807) is 30.3 Å². The molecule has 2 aromatic rings. The zero-order valence-electron chi connectivity index (χ0n) is 10.2. The molecule has 0 aliphatic rings. The van der Waals surface area contributed by atoms with Crippen LogP contribution >= 0.6 is 0 Å². The molecule has 19 heavy (non-hydrogen) atoms. The molecule has 98 valence electrons. The molecule has 0 aliphatic heterocycles. The molecule has 0 atom stereocenters. The third-order valence-corrected chi connectivity index (χ3v) is 2.53. The van der Waals surface area contributed by atoms with Crippen LogP contribution in [0.2, 0.25) is 0 Å². The maximum Gasteiger partial charge on any atom is 0.266 e. The molecule has 0 saturated heterocycles. The monoisotopic (exact) mass is 258 g/mol. The van der Waals surface area contributed by atoms with Crippen LogP contribution in [0.1, 0.15) is 6.42 Å². The van der Waals surface area contributed by atoms with Crippen LogP contribution in [0.3, 0.4) is 0 Å². The molecule has 0 bridgehead atoms. The van der Waals surface area contributed by atoms with Gasteiger partial charge < -0.3 is 11.1 Å². The van der Waals surface area contributed by atoms with Crippen LogP contribution in [0.4, 0.5) is 11.4 Å². The Bertz CT molecular complexity index is 619. The molecule has 6 heteroatoms. The van der Waals surface area contributed by atoms with Crippen molar-refractivity contribution < 1.29 is 4.79 Å². The summed E-state index contributed by atoms with van der Waals surface area (Å²) in [5.74, 6) is -0.178. The number of carbonyl (C=O) groups is 1. The summed E-state index contributed by atoms with van der Waals surface area (Å²) in [5.41, 5.74) is 6.64. The first kappa shape index (κ1) is 12.8. The number of amides is 1. The fourth-order valence-electron chi connectivity index (χ4n) is 1.55. The highest BCUT2D eigenvalue weighted by Crippen LogP contribution is 2.10. The van der Waals surface area contributed by atoms with Gasteiger partial charge in [-0.2, -0.15) is 5.10 Å². The predicted octanol–water partition coefficient (Wildman–Crippen LogP) is 0.854. The van der Waals surface area contributed by atoms with Gasteiger partial charge in [0.25, 0.3) is 5.56 Å². The van der Waals surface area contributed by atoms with E-state index in [0.29, 0.717) is 11.4 Å². The SMILES string of the molecule is Nc1ccc(NC(=O)CCn2ncccc2=O)cc1. The zero-order chi connectivity index (χ0) is 13.7. The zero-order valence-corrected chi connectivity index (χ0v) is 10.2. The van der Waals surface area contributed by atoms with Crippen molar-refractivity contribution in [1.29, 1.82) is 0 Å². The summed E-state index contributed by atoms with van der Waals surface area (Å²) in [6, 6.07) is 9.83. The van der Waals surface area contributed by atoms with Crippen molar-refractivity contribution in [2.45, 2.75) is 13.0 Å². The van der Waals surface area contributed by atoms with Crippen LogP contribution in [0.25, 0.3) is 0 Å². The lowest BCUT2D eigenvalue weighted by Gasteiger charge is -2.06. The lowest BCUT2D eigenvalue weighted by atomic mass is 10.3. The Morgan fingerprint density at radius 2 is 2.00 bits per heavy atom. The lowest BCUT2D eigenvalue weighted by Crippen LogP contribution is -2.24. The average molecular weight is 258 g/mol. The van der Waals surface area contributed by atoms with Crippen LogP contribution in [-0.4, -0.2) is 15.7 Å². The van der Waals surface area contributed by atoms with Gasteiger partial charge in [0.1, 0.15) is 0 Å². The Kier molecular flexibility index (Phi) is 3.92. The highest BCUT2D eigenvalue weighted by Gasteiger charge is 2.04. The molecule has 6 nitrogen and oxygen atoms in total. The first-order chi connectivity index (χ1) is 9.15. The minimum Gasteiger partial charge on any atom is -0.399 e. The third kappa shape index (κ3) is 3.67. The fourth-order valence-corrected chi connectivity index (χ4v) is 1.55. The number of nitrogens with zero attached hydrogens (tertiary/aromatic N) is 2. The maximum absolute atomic E-state index is 11.7. The van der Waals surface area contributed by atoms with Crippen LogP contribution < -0.4 is 16.6 Å². The Labute approximate surface area is 109 Å². The largest absolute Gasteiger partial charge is 0.399 e. The van der Waals surface area contributed by atoms with E-state index >= 15 is 0 Å². The second-order valence-electron chi connectivity index (χ2n) is 4.01. The number of aromatic nitrogens is 2. The Morgan fingerprint density at radius 1 is 1.26 bits per heavy atom. The van der Waals surface area contributed by atoms with Crippen molar-refractivity contribution in [3.05, 3.63) is 52.9 Å². The molecule has 0 radical (unpaired) electrons. The summed E-state index contributed by atoms with van der Waals surface area (Å²) in [5, 5.41) is 6.60. The van der Waals surface area contributed by atoms with Gasteiger partial charge in [-0.15, -0.1) is 0 Å². The van der Waals surface area contributed by atoms with E-state index in [-0.39, 0.29) is 24.4 Å². The molecule has 1 amide bonds. The molecule has 0 unspecified atom stereocenters. The second kappa shape index (κ2) is 5.81. The van der Waals surface area contributed by atoms with Crippen molar-refractivity contribution in [1.82, 2.24) is 9.78 Å². The third-order valence-electron chi connectivity index (χ3n) is 2.53. The van der Waals surface area contributed by atoms with Gasteiger partial charge in [0, 0.05) is 30.1 Å². The lowest BCUT2D eigenvalue weighted by molar-refractivity contribution is -0.116. The number of rotatable bonds is 4. The number of nitrogen functional groups attached to an aromatic ring is 1. The molecule has 0 saturated carbocycles. The summed E-state index contributed by atoms with van der Waals surface area (Å²) >= 11 is 0. The Hall–Kier alpha value is -2.63. The molecule has 3 N–H and O–H groups in total. The van der Waals surface area contributed by atoms with Crippen molar-refractivity contribution in [2.75, 3.05) is 11.1 Å². The van der Waals surface area contributed by atoms with Gasteiger partial charge in [0.15, 0.2) is 0 Å². The molecule has 0 fully saturated rings. The highest BCUT2D eigenvalue weighted by atomic mass is 16.2. The normalized spacial score (nSPS) is 10.1. The second-order valence-corrected chi connectivity index (χ2v) is 4.01. The van der Waals surface area contributed by atoms with E-state index in [2.05, 4.69) is 10.4 Å². The van der Waals surface area contributed by atoms with Crippen molar-refractivity contribution >= 4 is 17.3 Å². The first-order valence-electron chi connectivity index (χ1n) is 5.83. The number of hydrogen-bond donors (Lipinski definition) is 2. The topological polar surface area (TPSA) is 90.0 Å². The quantitative estimate of drug-likeness (QED) is 0.796. The molecule has 1 aromatic heterocycles. The molecule has 2 rings (SSSR count). The number of aryl methyl sites for hydroxylation is 1. The standard InChI is InChI=1S/C13H14N4O2/c14-10-3-5-11(6-4-10)16-12(18)7-9-17-13(19)2-1-8-15-17/h1-6,8H,7,9,14H2,(H,16,18). The fraction of sp³-hybridized carbons (Fsp3) is 0.154. The van der Waals surface area contributed by atoms with E-state index in [9.17, 15) is 9.59 Å². The Balaban J connectivity index is 1.90. The number of carbonyl (C=O) groups excluding carboxylic acids is 1. The molecular formula is C13H14N4O2. The Morgan fingerprint density at radius 3 is 2.68 bits per heavy atom. The van der Waals surface area contributed by atoms with Gasteiger partial charge >= 0.3 is 0 Å². The van der Waals surface area contributed by atoms with E-state index in [4.69, 9.17) is 5.73 Å². The number of anilines is 2. The number of nitrogens with two attached hydrogens (primary N) is 1. The van der Waals surface area contributed by atoms with E-state index in [1.807, 2.05) is 0 Å². The summed E-state index contributed by atoms with van der Waals surface area (Å²) in [6.07, 6.45) is 1.70. The van der Waals surface area contributed by atoms with Crippen molar-refractivity contribution in [3.8, 4) is 0 Å². The van der Waals surface area contributed by atoms with Gasteiger partial charge in [0.05, 0.1) is 6.54 Å². The summed E-state index contributed by atoms with van der Waals surface area (Å²) in [6.45, 7) is 0.250. The first-order valence-corrected chi connectivity index (χ1v) is 5.83. The van der Waals surface area contributed by atoms with Gasteiger partial charge in [0.2, 0.25) is 5.91 Å². The van der Waals surface area contributed by atoms with Crippen LogP contribution in [0.15, 0.2) is 47.4 Å². The van der Waals surface area contributed by atoms with Gasteiger partial charge in [-0.25, -0.2) is 4.68 Å². The summed E-state index contributed by atoms with van der Waals surface area (Å²) in [7, 11) is 0. The highest BCUT2D eigenvalue weighted by molar-refractivity contribution is 5.90.